The number of hydrogen-bond donors (Lipinski definition) is 1. The van der Waals surface area contributed by atoms with Crippen LogP contribution in [0.25, 0.3) is 0 Å². The van der Waals surface area contributed by atoms with E-state index in [2.05, 4.69) is 10.4 Å². The predicted molar refractivity (Wildman–Crippen MR) is 113 cm³/mol. The second kappa shape index (κ2) is 8.60. The van der Waals surface area contributed by atoms with E-state index in [0.29, 0.717) is 44.3 Å². The summed E-state index contributed by atoms with van der Waals surface area (Å²) in [5.74, 6) is 0.354. The van der Waals surface area contributed by atoms with Crippen LogP contribution in [-0.2, 0) is 27.9 Å². The molecule has 1 atom stereocenters. The Hall–Kier alpha value is -2.67. The largest absolute Gasteiger partial charge is 0.378 e. The first-order valence-electron chi connectivity index (χ1n) is 10.7. The lowest BCUT2D eigenvalue weighted by atomic mass is 9.83. The van der Waals surface area contributed by atoms with Gasteiger partial charge in [-0.05, 0) is 38.2 Å². The summed E-state index contributed by atoms with van der Waals surface area (Å²) in [6, 6.07) is 9.85. The summed E-state index contributed by atoms with van der Waals surface area (Å²) in [5, 5.41) is 7.58. The van der Waals surface area contributed by atoms with Crippen LogP contribution < -0.4 is 5.32 Å². The van der Waals surface area contributed by atoms with Gasteiger partial charge in [0.15, 0.2) is 0 Å². The number of ether oxygens (including phenoxy) is 1. The maximum Gasteiger partial charge on any atom is 0.257 e. The molecule has 2 aliphatic rings. The van der Waals surface area contributed by atoms with Crippen LogP contribution in [0.1, 0.15) is 41.9 Å². The predicted octanol–water partition coefficient (Wildman–Crippen LogP) is 2.01. The van der Waals surface area contributed by atoms with Gasteiger partial charge in [-0.2, -0.15) is 5.10 Å². The summed E-state index contributed by atoms with van der Waals surface area (Å²) in [6.45, 7) is 7.69. The molecule has 160 valence electrons. The van der Waals surface area contributed by atoms with Crippen LogP contribution in [0.3, 0.4) is 0 Å². The molecule has 2 aromatic rings. The van der Waals surface area contributed by atoms with Crippen molar-refractivity contribution in [2.75, 3.05) is 32.8 Å². The minimum Gasteiger partial charge on any atom is -0.378 e. The van der Waals surface area contributed by atoms with Crippen molar-refractivity contribution in [1.29, 1.82) is 0 Å². The van der Waals surface area contributed by atoms with Crippen molar-refractivity contribution < 1.29 is 14.3 Å². The van der Waals surface area contributed by atoms with Crippen molar-refractivity contribution in [3.63, 3.8) is 0 Å². The van der Waals surface area contributed by atoms with E-state index < -0.39 is 5.41 Å². The van der Waals surface area contributed by atoms with Crippen LogP contribution in [-0.4, -0.2) is 59.3 Å². The average Bonchev–Trinajstić information content (AvgIpc) is 3.21. The minimum absolute atomic E-state index is 0.0254. The van der Waals surface area contributed by atoms with Crippen molar-refractivity contribution in [2.45, 2.75) is 38.6 Å². The van der Waals surface area contributed by atoms with E-state index in [9.17, 15) is 9.59 Å². The molecule has 1 aromatic heterocycles. The highest BCUT2D eigenvalue weighted by Gasteiger charge is 2.32. The van der Waals surface area contributed by atoms with Crippen LogP contribution in [0.4, 0.5) is 0 Å². The number of carbonyl (C=O) groups excluding carboxylic acids is 2. The molecule has 0 spiro atoms. The fourth-order valence-corrected chi connectivity index (χ4v) is 4.23. The number of rotatable bonds is 5. The normalized spacial score (nSPS) is 19.3. The lowest BCUT2D eigenvalue weighted by Crippen LogP contribution is -2.43. The van der Waals surface area contributed by atoms with Gasteiger partial charge >= 0.3 is 0 Å². The molecule has 0 radical (unpaired) electrons. The van der Waals surface area contributed by atoms with E-state index in [4.69, 9.17) is 4.74 Å². The molecule has 7 heteroatoms. The summed E-state index contributed by atoms with van der Waals surface area (Å²) in [7, 11) is 0. The number of carbonyl (C=O) groups is 2. The summed E-state index contributed by atoms with van der Waals surface area (Å²) in [4.78, 5) is 27.7. The number of nitrogens with zero attached hydrogens (tertiary/aromatic N) is 3. The highest BCUT2D eigenvalue weighted by atomic mass is 16.5. The molecule has 1 N–H and O–H groups in total. The third-order valence-corrected chi connectivity index (χ3v) is 6.32. The number of morpholine rings is 1. The smallest absolute Gasteiger partial charge is 0.257 e. The molecule has 0 saturated carbocycles. The topological polar surface area (TPSA) is 76.5 Å². The van der Waals surface area contributed by atoms with Crippen molar-refractivity contribution >= 4 is 11.8 Å². The maximum atomic E-state index is 12.9. The number of hydrogen-bond acceptors (Lipinski definition) is 4. The van der Waals surface area contributed by atoms with Crippen molar-refractivity contribution in [2.24, 2.45) is 5.92 Å². The molecule has 0 aliphatic carbocycles. The van der Waals surface area contributed by atoms with E-state index in [1.807, 2.05) is 53.8 Å². The Labute approximate surface area is 177 Å². The number of aromatic nitrogens is 2. The summed E-state index contributed by atoms with van der Waals surface area (Å²) in [6.07, 6.45) is 3.38. The molecule has 30 heavy (non-hydrogen) atoms. The Morgan fingerprint density at radius 1 is 1.17 bits per heavy atom. The Balaban J connectivity index is 1.39. The molecule has 7 nitrogen and oxygen atoms in total. The van der Waals surface area contributed by atoms with Crippen LogP contribution in [0.5, 0.6) is 0 Å². The molecule has 3 heterocycles. The molecule has 1 fully saturated rings. The van der Waals surface area contributed by atoms with E-state index in [0.717, 1.165) is 30.6 Å². The first kappa shape index (κ1) is 20.6. The number of nitrogens with one attached hydrogen (secondary N) is 1. The molecule has 1 saturated heterocycles. The van der Waals surface area contributed by atoms with Gasteiger partial charge in [0.25, 0.3) is 5.91 Å². The molecular formula is C23H30N4O3. The average molecular weight is 411 g/mol. The Morgan fingerprint density at radius 3 is 2.63 bits per heavy atom. The molecule has 2 aliphatic heterocycles. The number of fused-ring (bicyclic) bond motifs is 1. The van der Waals surface area contributed by atoms with Crippen molar-refractivity contribution in [3.05, 3.63) is 53.3 Å². The van der Waals surface area contributed by atoms with Gasteiger partial charge in [0, 0.05) is 26.2 Å². The SMILES string of the molecule is CC(C)(C(=O)NC[C@@H]1CCn2ncc(C(=O)N3CCOCC3)c2C1)c1ccccc1. The molecule has 2 amide bonds. The van der Waals surface area contributed by atoms with Crippen LogP contribution in [0, 0.1) is 5.92 Å². The maximum absolute atomic E-state index is 12.9. The number of benzene rings is 1. The van der Waals surface area contributed by atoms with E-state index in [1.54, 1.807) is 6.20 Å². The van der Waals surface area contributed by atoms with E-state index >= 15 is 0 Å². The van der Waals surface area contributed by atoms with Crippen LogP contribution in [0.15, 0.2) is 36.5 Å². The molecule has 1 aromatic carbocycles. The third kappa shape index (κ3) is 4.12. The first-order chi connectivity index (χ1) is 14.5. The van der Waals surface area contributed by atoms with Gasteiger partial charge in [0.2, 0.25) is 5.91 Å². The van der Waals surface area contributed by atoms with Gasteiger partial charge in [-0.3, -0.25) is 14.3 Å². The third-order valence-electron chi connectivity index (χ3n) is 6.32. The molecule has 0 unspecified atom stereocenters. The quantitative estimate of drug-likeness (QED) is 0.818. The zero-order valence-electron chi connectivity index (χ0n) is 17.8. The highest BCUT2D eigenvalue weighted by Crippen LogP contribution is 2.26. The van der Waals surface area contributed by atoms with Crippen LogP contribution >= 0.6 is 0 Å². The lowest BCUT2D eigenvalue weighted by molar-refractivity contribution is -0.125. The van der Waals surface area contributed by atoms with Crippen molar-refractivity contribution in [3.8, 4) is 0 Å². The van der Waals surface area contributed by atoms with Crippen molar-refractivity contribution in [1.82, 2.24) is 20.0 Å². The molecule has 0 bridgehead atoms. The Bertz CT molecular complexity index is 900. The van der Waals surface area contributed by atoms with Gasteiger partial charge in [-0.1, -0.05) is 30.3 Å². The minimum atomic E-state index is -0.588. The summed E-state index contributed by atoms with van der Waals surface area (Å²) in [5.41, 5.74) is 2.09. The second-order valence-corrected chi connectivity index (χ2v) is 8.69. The van der Waals surface area contributed by atoms with Crippen LogP contribution in [0.2, 0.25) is 0 Å². The van der Waals surface area contributed by atoms with Gasteiger partial charge in [0.05, 0.1) is 36.1 Å². The highest BCUT2D eigenvalue weighted by molar-refractivity contribution is 5.95. The molecule has 4 rings (SSSR count). The monoisotopic (exact) mass is 410 g/mol. The van der Waals surface area contributed by atoms with Gasteiger partial charge in [-0.25, -0.2) is 0 Å². The summed E-state index contributed by atoms with van der Waals surface area (Å²) < 4.78 is 7.30. The van der Waals surface area contributed by atoms with Gasteiger partial charge in [-0.15, -0.1) is 0 Å². The number of amides is 2. The first-order valence-corrected chi connectivity index (χ1v) is 10.7. The number of aryl methyl sites for hydroxylation is 1. The standard InChI is InChI=1S/C23H30N4O3/c1-23(2,18-6-4-3-5-7-18)22(29)24-15-17-8-9-27-20(14-17)19(16-25-27)21(28)26-10-12-30-13-11-26/h3-7,16-17H,8-15H2,1-2H3,(H,24,29)/t17-/m1/s1. The zero-order chi connectivity index (χ0) is 21.1. The fraction of sp³-hybridized carbons (Fsp3) is 0.522. The lowest BCUT2D eigenvalue weighted by Gasteiger charge is -2.29. The Kier molecular flexibility index (Phi) is 5.90. The van der Waals surface area contributed by atoms with Gasteiger partial charge in [0.1, 0.15) is 0 Å². The van der Waals surface area contributed by atoms with E-state index in [1.165, 1.54) is 0 Å². The fourth-order valence-electron chi connectivity index (χ4n) is 4.23. The second-order valence-electron chi connectivity index (χ2n) is 8.69. The molecular weight excluding hydrogens is 380 g/mol. The Morgan fingerprint density at radius 2 is 1.90 bits per heavy atom. The van der Waals surface area contributed by atoms with E-state index in [-0.39, 0.29) is 11.8 Å². The zero-order valence-corrected chi connectivity index (χ0v) is 17.8. The van der Waals surface area contributed by atoms with Gasteiger partial charge < -0.3 is 15.0 Å². The summed E-state index contributed by atoms with van der Waals surface area (Å²) >= 11 is 0.